The van der Waals surface area contributed by atoms with Gasteiger partial charge in [-0.3, -0.25) is 0 Å². The van der Waals surface area contributed by atoms with E-state index in [0.29, 0.717) is 12.3 Å². The molecule has 21 heavy (non-hydrogen) atoms. The van der Waals surface area contributed by atoms with E-state index in [2.05, 4.69) is 24.4 Å². The van der Waals surface area contributed by atoms with Crippen molar-refractivity contribution in [2.45, 2.75) is 31.7 Å². The zero-order valence-corrected chi connectivity index (χ0v) is 12.4. The number of nitrogens with one attached hydrogen (secondary N) is 1. The van der Waals surface area contributed by atoms with Gasteiger partial charge in [-0.25, -0.2) is 8.78 Å². The fourth-order valence-corrected chi connectivity index (χ4v) is 2.82. The third-order valence-corrected chi connectivity index (χ3v) is 3.96. The summed E-state index contributed by atoms with van der Waals surface area (Å²) in [6.07, 6.45) is 1.65. The summed E-state index contributed by atoms with van der Waals surface area (Å²) in [4.78, 5) is 0. The molecule has 112 valence electrons. The number of hydrogen-bond acceptors (Lipinski definition) is 1. The maximum Gasteiger partial charge on any atom is 0.159 e. The molecule has 3 heteroatoms. The average molecular weight is 289 g/mol. The SMILES string of the molecule is CCC(c1ccccc1)C(Cc1ccc(F)c(F)c1)NC. The van der Waals surface area contributed by atoms with Crippen LogP contribution in [0.15, 0.2) is 48.5 Å². The van der Waals surface area contributed by atoms with Crippen LogP contribution in [0.4, 0.5) is 8.78 Å². The Balaban J connectivity index is 2.19. The van der Waals surface area contributed by atoms with Gasteiger partial charge in [-0.1, -0.05) is 43.3 Å². The molecular formula is C18H21F2N. The van der Waals surface area contributed by atoms with Crippen LogP contribution in [0, 0.1) is 11.6 Å². The first-order chi connectivity index (χ1) is 10.2. The first kappa shape index (κ1) is 15.6. The second-order valence-electron chi connectivity index (χ2n) is 5.27. The van der Waals surface area contributed by atoms with Gasteiger partial charge in [0.1, 0.15) is 0 Å². The minimum Gasteiger partial charge on any atom is -0.316 e. The van der Waals surface area contributed by atoms with E-state index in [4.69, 9.17) is 0 Å². The van der Waals surface area contributed by atoms with Crippen LogP contribution in [-0.2, 0) is 6.42 Å². The molecule has 0 aliphatic heterocycles. The maximum atomic E-state index is 13.3. The second-order valence-corrected chi connectivity index (χ2v) is 5.27. The van der Waals surface area contributed by atoms with Crippen LogP contribution in [0.1, 0.15) is 30.4 Å². The fourth-order valence-electron chi connectivity index (χ4n) is 2.82. The number of rotatable bonds is 6. The van der Waals surface area contributed by atoms with E-state index < -0.39 is 11.6 Å². The lowest BCUT2D eigenvalue weighted by Gasteiger charge is -2.26. The predicted octanol–water partition coefficient (Wildman–Crippen LogP) is 4.29. The van der Waals surface area contributed by atoms with Crippen LogP contribution in [0.2, 0.25) is 0 Å². The standard InChI is InChI=1S/C18H21F2N/c1-3-15(14-7-5-4-6-8-14)18(21-2)12-13-9-10-16(19)17(20)11-13/h4-11,15,18,21H,3,12H2,1-2H3. The molecule has 0 saturated heterocycles. The predicted molar refractivity (Wildman–Crippen MR) is 82.4 cm³/mol. The van der Waals surface area contributed by atoms with Crippen LogP contribution in [0.3, 0.4) is 0 Å². The first-order valence-corrected chi connectivity index (χ1v) is 7.31. The van der Waals surface area contributed by atoms with Crippen molar-refractivity contribution in [1.82, 2.24) is 5.32 Å². The lowest BCUT2D eigenvalue weighted by molar-refractivity contribution is 0.446. The molecule has 2 aromatic carbocycles. The molecule has 0 spiro atoms. The summed E-state index contributed by atoms with van der Waals surface area (Å²) in [7, 11) is 1.91. The highest BCUT2D eigenvalue weighted by atomic mass is 19.2. The Labute approximate surface area is 125 Å². The molecule has 0 saturated carbocycles. The van der Waals surface area contributed by atoms with Crippen molar-refractivity contribution >= 4 is 0 Å². The van der Waals surface area contributed by atoms with Gasteiger partial charge in [0.15, 0.2) is 11.6 Å². The van der Waals surface area contributed by atoms with Crippen molar-refractivity contribution in [2.24, 2.45) is 0 Å². The van der Waals surface area contributed by atoms with E-state index >= 15 is 0 Å². The summed E-state index contributed by atoms with van der Waals surface area (Å²) in [5.41, 5.74) is 2.07. The lowest BCUT2D eigenvalue weighted by Crippen LogP contribution is -2.34. The summed E-state index contributed by atoms with van der Waals surface area (Å²) in [6.45, 7) is 2.15. The summed E-state index contributed by atoms with van der Waals surface area (Å²) < 4.78 is 26.4. The summed E-state index contributed by atoms with van der Waals surface area (Å²) in [6, 6.07) is 14.6. The van der Waals surface area contributed by atoms with Gasteiger partial charge < -0.3 is 5.32 Å². The van der Waals surface area contributed by atoms with E-state index in [1.54, 1.807) is 6.07 Å². The highest BCUT2D eigenvalue weighted by molar-refractivity contribution is 5.24. The molecule has 2 atom stereocenters. The van der Waals surface area contributed by atoms with Crippen molar-refractivity contribution in [3.8, 4) is 0 Å². The van der Waals surface area contributed by atoms with E-state index in [0.717, 1.165) is 12.0 Å². The fraction of sp³-hybridized carbons (Fsp3) is 0.333. The first-order valence-electron chi connectivity index (χ1n) is 7.31. The average Bonchev–Trinajstić information content (AvgIpc) is 2.51. The largest absolute Gasteiger partial charge is 0.316 e. The minimum atomic E-state index is -0.796. The molecule has 0 aromatic heterocycles. The lowest BCUT2D eigenvalue weighted by atomic mass is 9.86. The summed E-state index contributed by atoms with van der Waals surface area (Å²) >= 11 is 0. The van der Waals surface area contributed by atoms with Crippen molar-refractivity contribution in [3.05, 3.63) is 71.3 Å². The molecule has 0 bridgehead atoms. The molecule has 0 heterocycles. The van der Waals surface area contributed by atoms with Gasteiger partial charge in [-0.15, -0.1) is 0 Å². The van der Waals surface area contributed by atoms with Crippen LogP contribution in [0.25, 0.3) is 0 Å². The summed E-state index contributed by atoms with van der Waals surface area (Å²) in [5, 5.41) is 3.32. The number of hydrogen-bond donors (Lipinski definition) is 1. The Morgan fingerprint density at radius 1 is 1.00 bits per heavy atom. The van der Waals surface area contributed by atoms with Gasteiger partial charge in [0.25, 0.3) is 0 Å². The number of benzene rings is 2. The molecule has 2 unspecified atom stereocenters. The van der Waals surface area contributed by atoms with Gasteiger partial charge in [0, 0.05) is 6.04 Å². The smallest absolute Gasteiger partial charge is 0.159 e. The van der Waals surface area contributed by atoms with Crippen molar-refractivity contribution in [2.75, 3.05) is 7.05 Å². The van der Waals surface area contributed by atoms with Gasteiger partial charge >= 0.3 is 0 Å². The van der Waals surface area contributed by atoms with Crippen molar-refractivity contribution < 1.29 is 8.78 Å². The quantitative estimate of drug-likeness (QED) is 0.836. The molecule has 0 amide bonds. The minimum absolute atomic E-state index is 0.183. The summed E-state index contributed by atoms with van der Waals surface area (Å²) in [5.74, 6) is -1.24. The van der Waals surface area contributed by atoms with E-state index in [9.17, 15) is 8.78 Å². The van der Waals surface area contributed by atoms with Crippen molar-refractivity contribution in [3.63, 3.8) is 0 Å². The van der Waals surface area contributed by atoms with E-state index in [1.807, 2.05) is 25.2 Å². The zero-order chi connectivity index (χ0) is 15.2. The van der Waals surface area contributed by atoms with Gasteiger partial charge in [-0.05, 0) is 49.1 Å². The van der Waals surface area contributed by atoms with E-state index in [-0.39, 0.29) is 6.04 Å². The molecule has 0 aliphatic rings. The molecule has 2 rings (SSSR count). The molecule has 0 aliphatic carbocycles. The maximum absolute atomic E-state index is 13.3. The Hall–Kier alpha value is -1.74. The Bertz CT molecular complexity index is 569. The third kappa shape index (κ3) is 3.88. The van der Waals surface area contributed by atoms with Gasteiger partial charge in [0.05, 0.1) is 0 Å². The number of halogens is 2. The van der Waals surface area contributed by atoms with Gasteiger partial charge in [-0.2, -0.15) is 0 Å². The molecule has 2 aromatic rings. The molecule has 1 nitrogen and oxygen atoms in total. The second kappa shape index (κ2) is 7.32. The highest BCUT2D eigenvalue weighted by Gasteiger charge is 2.20. The Kier molecular flexibility index (Phi) is 5.45. The van der Waals surface area contributed by atoms with Crippen LogP contribution in [0.5, 0.6) is 0 Å². The van der Waals surface area contributed by atoms with Gasteiger partial charge in [0.2, 0.25) is 0 Å². The molecule has 0 radical (unpaired) electrons. The molecular weight excluding hydrogens is 268 g/mol. The normalized spacial score (nSPS) is 13.9. The van der Waals surface area contributed by atoms with E-state index in [1.165, 1.54) is 17.7 Å². The Morgan fingerprint density at radius 2 is 1.71 bits per heavy atom. The topological polar surface area (TPSA) is 12.0 Å². The monoisotopic (exact) mass is 289 g/mol. The molecule has 1 N–H and O–H groups in total. The van der Waals surface area contributed by atoms with Crippen LogP contribution >= 0.6 is 0 Å². The number of likely N-dealkylation sites (N-methyl/N-ethyl adjacent to an activating group) is 1. The highest BCUT2D eigenvalue weighted by Crippen LogP contribution is 2.25. The van der Waals surface area contributed by atoms with Crippen LogP contribution in [-0.4, -0.2) is 13.1 Å². The van der Waals surface area contributed by atoms with Crippen LogP contribution < -0.4 is 5.32 Å². The van der Waals surface area contributed by atoms with Crippen molar-refractivity contribution in [1.29, 1.82) is 0 Å². The zero-order valence-electron chi connectivity index (χ0n) is 12.4. The Morgan fingerprint density at radius 3 is 2.29 bits per heavy atom. The molecule has 0 fully saturated rings. The third-order valence-electron chi connectivity index (χ3n) is 3.96.